The zero-order valence-electron chi connectivity index (χ0n) is 15.3. The lowest BCUT2D eigenvalue weighted by Gasteiger charge is -2.14. The summed E-state index contributed by atoms with van der Waals surface area (Å²) in [6, 6.07) is 16.1. The van der Waals surface area contributed by atoms with E-state index in [0.29, 0.717) is 11.8 Å². The Hall–Kier alpha value is -3.26. The van der Waals surface area contributed by atoms with Gasteiger partial charge >= 0.3 is 6.18 Å². The Morgan fingerprint density at radius 1 is 1.00 bits per heavy atom. The molecule has 152 valence electrons. The highest BCUT2D eigenvalue weighted by atomic mass is 32.2. The summed E-state index contributed by atoms with van der Waals surface area (Å²) in [5.74, 6) is -1.47. The van der Waals surface area contributed by atoms with Crippen molar-refractivity contribution in [2.45, 2.75) is 12.7 Å². The van der Waals surface area contributed by atoms with E-state index in [2.05, 4.69) is 0 Å². The molecule has 1 fully saturated rings. The van der Waals surface area contributed by atoms with Gasteiger partial charge in [0.1, 0.15) is 5.75 Å². The van der Waals surface area contributed by atoms with Gasteiger partial charge in [0.15, 0.2) is 0 Å². The maximum Gasteiger partial charge on any atom is 0.419 e. The van der Waals surface area contributed by atoms with E-state index in [-0.39, 0.29) is 17.0 Å². The third kappa shape index (κ3) is 3.78. The molecule has 0 saturated carbocycles. The second kappa shape index (κ2) is 7.53. The third-order valence-electron chi connectivity index (χ3n) is 4.71. The van der Waals surface area contributed by atoms with Gasteiger partial charge in [0, 0.05) is 0 Å². The van der Waals surface area contributed by atoms with Crippen LogP contribution in [0.5, 0.6) is 5.75 Å². The highest BCUT2D eigenvalue weighted by molar-refractivity contribution is 8.18. The smallest absolute Gasteiger partial charge is 0.419 e. The minimum absolute atomic E-state index is 0.0269. The number of carbonyl (C=O) groups excluding carboxylic acids is 2. The number of hydrogen-bond donors (Lipinski definition) is 1. The summed E-state index contributed by atoms with van der Waals surface area (Å²) < 4.78 is 39.0. The first-order chi connectivity index (χ1) is 14.2. The van der Waals surface area contributed by atoms with Crippen LogP contribution in [0.15, 0.2) is 65.6 Å². The van der Waals surface area contributed by atoms with Gasteiger partial charge in [-0.2, -0.15) is 13.2 Å². The van der Waals surface area contributed by atoms with Crippen molar-refractivity contribution in [3.05, 3.63) is 82.3 Å². The highest BCUT2D eigenvalue weighted by Crippen LogP contribution is 2.38. The summed E-state index contributed by atoms with van der Waals surface area (Å²) in [7, 11) is 0. The van der Waals surface area contributed by atoms with Gasteiger partial charge in [-0.05, 0) is 51.9 Å². The monoisotopic (exact) mass is 429 g/mol. The Balaban J connectivity index is 1.63. The fourth-order valence-corrected chi connectivity index (χ4v) is 4.10. The van der Waals surface area contributed by atoms with Crippen LogP contribution in [0.25, 0.3) is 16.8 Å². The minimum atomic E-state index is -4.73. The van der Waals surface area contributed by atoms with Crippen LogP contribution in [0.4, 0.5) is 18.0 Å². The molecule has 1 N–H and O–H groups in total. The van der Waals surface area contributed by atoms with Gasteiger partial charge in [0.25, 0.3) is 11.1 Å². The van der Waals surface area contributed by atoms with Crippen LogP contribution in [-0.2, 0) is 17.5 Å². The molecule has 0 spiro atoms. The predicted octanol–water partition coefficient (Wildman–Crippen LogP) is 5.80. The molecule has 3 aromatic carbocycles. The van der Waals surface area contributed by atoms with Crippen molar-refractivity contribution in [1.29, 1.82) is 0 Å². The molecular weight excluding hydrogens is 415 g/mol. The van der Waals surface area contributed by atoms with E-state index < -0.39 is 28.6 Å². The summed E-state index contributed by atoms with van der Waals surface area (Å²) in [5.41, 5.74) is -0.345. The van der Waals surface area contributed by atoms with E-state index in [4.69, 9.17) is 0 Å². The first kappa shape index (κ1) is 20.0. The molecule has 1 saturated heterocycles. The number of imide groups is 1. The highest BCUT2D eigenvalue weighted by Gasteiger charge is 2.36. The molecule has 0 aliphatic carbocycles. The SMILES string of the molecule is O=C1S/C(=C\c2ccc(O)c(C(F)(F)F)c2)C(=O)N1Cc1cccc2ccccc12. The Kier molecular flexibility index (Phi) is 5.03. The molecule has 0 aromatic heterocycles. The number of halogens is 3. The molecular formula is C22H14F3NO3S. The van der Waals surface area contributed by atoms with Crippen molar-refractivity contribution in [2.24, 2.45) is 0 Å². The molecule has 1 aliphatic rings. The van der Waals surface area contributed by atoms with Crippen LogP contribution < -0.4 is 0 Å². The number of nitrogens with zero attached hydrogens (tertiary/aromatic N) is 1. The van der Waals surface area contributed by atoms with Crippen molar-refractivity contribution in [3.63, 3.8) is 0 Å². The number of benzene rings is 3. The van der Waals surface area contributed by atoms with Gasteiger partial charge in [-0.15, -0.1) is 0 Å². The molecule has 1 heterocycles. The van der Waals surface area contributed by atoms with Gasteiger partial charge in [-0.1, -0.05) is 48.5 Å². The molecule has 0 atom stereocenters. The number of alkyl halides is 3. The summed E-state index contributed by atoms with van der Waals surface area (Å²) in [6.45, 7) is 0.0622. The van der Waals surface area contributed by atoms with Crippen LogP contribution in [0, 0.1) is 0 Å². The quantitative estimate of drug-likeness (QED) is 0.535. The molecule has 30 heavy (non-hydrogen) atoms. The summed E-state index contributed by atoms with van der Waals surface area (Å²) >= 11 is 0.674. The van der Waals surface area contributed by atoms with Crippen LogP contribution in [0.2, 0.25) is 0 Å². The lowest BCUT2D eigenvalue weighted by atomic mass is 10.0. The molecule has 4 nitrogen and oxygen atoms in total. The van der Waals surface area contributed by atoms with E-state index in [0.717, 1.165) is 33.4 Å². The number of fused-ring (bicyclic) bond motifs is 1. The second-order valence-electron chi connectivity index (χ2n) is 6.68. The third-order valence-corrected chi connectivity index (χ3v) is 5.61. The van der Waals surface area contributed by atoms with Gasteiger partial charge < -0.3 is 5.11 Å². The Labute approximate surface area is 173 Å². The summed E-state index contributed by atoms with van der Waals surface area (Å²) in [5, 5.41) is 10.8. The second-order valence-corrected chi connectivity index (χ2v) is 7.67. The first-order valence-electron chi connectivity index (χ1n) is 8.86. The molecule has 0 unspecified atom stereocenters. The van der Waals surface area contributed by atoms with Crippen molar-refractivity contribution in [2.75, 3.05) is 0 Å². The normalized spacial score (nSPS) is 16.1. The van der Waals surface area contributed by atoms with Gasteiger partial charge in [-0.3, -0.25) is 14.5 Å². The Morgan fingerprint density at radius 3 is 2.50 bits per heavy atom. The van der Waals surface area contributed by atoms with Gasteiger partial charge in [-0.25, -0.2) is 0 Å². The van der Waals surface area contributed by atoms with Crippen molar-refractivity contribution in [1.82, 2.24) is 4.90 Å². The molecule has 1 aliphatic heterocycles. The largest absolute Gasteiger partial charge is 0.507 e. The number of carbonyl (C=O) groups is 2. The zero-order valence-corrected chi connectivity index (χ0v) is 16.1. The number of aromatic hydroxyl groups is 1. The van der Waals surface area contributed by atoms with Crippen LogP contribution in [0.3, 0.4) is 0 Å². The lowest BCUT2D eigenvalue weighted by Crippen LogP contribution is -2.27. The number of hydrogen-bond acceptors (Lipinski definition) is 4. The van der Waals surface area contributed by atoms with E-state index in [1.54, 1.807) is 0 Å². The van der Waals surface area contributed by atoms with Crippen LogP contribution in [0.1, 0.15) is 16.7 Å². The predicted molar refractivity (Wildman–Crippen MR) is 109 cm³/mol. The molecule has 3 aromatic rings. The number of phenols is 1. The first-order valence-corrected chi connectivity index (χ1v) is 9.68. The number of rotatable bonds is 3. The van der Waals surface area contributed by atoms with E-state index in [9.17, 15) is 27.9 Å². The molecule has 2 amide bonds. The van der Waals surface area contributed by atoms with Gasteiger partial charge in [0.2, 0.25) is 0 Å². The summed E-state index contributed by atoms with van der Waals surface area (Å²) in [4.78, 5) is 26.3. The van der Waals surface area contributed by atoms with Crippen LogP contribution in [-0.4, -0.2) is 21.2 Å². The Bertz CT molecular complexity index is 1200. The maximum absolute atomic E-state index is 13.0. The van der Waals surface area contributed by atoms with E-state index in [1.165, 1.54) is 12.1 Å². The van der Waals surface area contributed by atoms with Crippen molar-refractivity contribution in [3.8, 4) is 5.75 Å². The maximum atomic E-state index is 13.0. The Morgan fingerprint density at radius 2 is 1.73 bits per heavy atom. The fourth-order valence-electron chi connectivity index (χ4n) is 3.26. The summed E-state index contributed by atoms with van der Waals surface area (Å²) in [6.07, 6.45) is -3.51. The average molecular weight is 429 g/mol. The van der Waals surface area contributed by atoms with Gasteiger partial charge in [0.05, 0.1) is 17.0 Å². The van der Waals surface area contributed by atoms with E-state index in [1.807, 2.05) is 42.5 Å². The van der Waals surface area contributed by atoms with Crippen molar-refractivity contribution >= 4 is 39.8 Å². The average Bonchev–Trinajstić information content (AvgIpc) is 2.96. The van der Waals surface area contributed by atoms with Crippen LogP contribution >= 0.6 is 11.8 Å². The van der Waals surface area contributed by atoms with E-state index >= 15 is 0 Å². The lowest BCUT2D eigenvalue weighted by molar-refractivity contribution is -0.138. The molecule has 4 rings (SSSR count). The number of phenolic OH excluding ortho intramolecular Hbond substituents is 1. The minimum Gasteiger partial charge on any atom is -0.507 e. The molecule has 0 radical (unpaired) electrons. The fraction of sp³-hybridized carbons (Fsp3) is 0.0909. The topological polar surface area (TPSA) is 57.6 Å². The standard InChI is InChI=1S/C22H14F3NO3S/c23-22(24,25)17-10-13(8-9-18(17)27)11-19-20(28)26(21(29)30-19)12-15-6-3-5-14-4-1-2-7-16(14)15/h1-11,27H,12H2/b19-11-. The number of thioether (sulfide) groups is 1. The molecule has 8 heteroatoms. The molecule has 0 bridgehead atoms. The van der Waals surface area contributed by atoms with Crippen molar-refractivity contribution < 1.29 is 27.9 Å². The number of amides is 2. The zero-order chi connectivity index (χ0) is 21.5.